The number of anilines is 1. The predicted molar refractivity (Wildman–Crippen MR) is 161 cm³/mol. The minimum Gasteiger partial charge on any atom is -0.467 e. The van der Waals surface area contributed by atoms with Crippen LogP contribution in [0.15, 0.2) is 46.2 Å². The van der Waals surface area contributed by atoms with Crippen molar-refractivity contribution in [1.29, 1.82) is 0 Å². The summed E-state index contributed by atoms with van der Waals surface area (Å²) in [4.78, 5) is 19.1. The van der Waals surface area contributed by atoms with Gasteiger partial charge in [-0.2, -0.15) is 36.2 Å². The molecule has 262 valence electrons. The number of rotatable bonds is 7. The van der Waals surface area contributed by atoms with Crippen molar-refractivity contribution in [1.82, 2.24) is 29.4 Å². The van der Waals surface area contributed by atoms with Gasteiger partial charge in [-0.05, 0) is 54.0 Å². The standard InChI is InChI=1S/C15H12BrClF4N2O2.C12H8F3N5O3S/c1-6(2)25-14(24)7-4-8(10(18)5-9(7)17)12-11(16)13(15(19,20)21)23(3)22-12;1-23-12-16-5-8(15)10-17-11(18-20(10)12)24(21,22)19-9-6(13)3-2-4-7(9)14/h4-6H,1-3H3;2-5,19H,1H3. The number of benzene rings is 2. The number of nitrogens with zero attached hydrogens (tertiary/aromatic N) is 6. The van der Waals surface area contributed by atoms with Crippen LogP contribution in [-0.4, -0.2) is 57.0 Å². The predicted octanol–water partition coefficient (Wildman–Crippen LogP) is 6.58. The van der Waals surface area contributed by atoms with Crippen molar-refractivity contribution < 1.29 is 53.4 Å². The average Bonchev–Trinajstić information content (AvgIpc) is 3.58. The quantitative estimate of drug-likeness (QED) is 0.143. The van der Waals surface area contributed by atoms with Gasteiger partial charge in [0.05, 0.1) is 34.5 Å². The number of carbonyl (C=O) groups excluding carboxylic acids is 1. The van der Waals surface area contributed by atoms with Gasteiger partial charge in [-0.25, -0.2) is 27.3 Å². The zero-order valence-electron chi connectivity index (χ0n) is 25.1. The smallest absolute Gasteiger partial charge is 0.434 e. The molecule has 0 unspecified atom stereocenters. The molecule has 3 aromatic heterocycles. The molecule has 12 nitrogen and oxygen atoms in total. The lowest BCUT2D eigenvalue weighted by molar-refractivity contribution is -0.144. The number of hydrogen-bond donors (Lipinski definition) is 1. The molecule has 0 bridgehead atoms. The van der Waals surface area contributed by atoms with Crippen molar-refractivity contribution in [2.24, 2.45) is 7.05 Å². The summed E-state index contributed by atoms with van der Waals surface area (Å²) in [5, 5.41) is 6.15. The number of carbonyl (C=O) groups is 1. The fraction of sp³-hybridized carbons (Fsp3) is 0.222. The highest BCUT2D eigenvalue weighted by molar-refractivity contribution is 9.10. The van der Waals surface area contributed by atoms with Crippen LogP contribution in [0.3, 0.4) is 0 Å². The Balaban J connectivity index is 0.000000221. The second kappa shape index (κ2) is 14.2. The molecule has 0 saturated heterocycles. The van der Waals surface area contributed by atoms with Crippen molar-refractivity contribution in [3.63, 3.8) is 0 Å². The van der Waals surface area contributed by atoms with Crippen molar-refractivity contribution in [2.45, 2.75) is 31.3 Å². The Hall–Kier alpha value is -4.50. The molecule has 1 N–H and O–H groups in total. The number of ether oxygens (including phenoxy) is 2. The maximum Gasteiger partial charge on any atom is 0.434 e. The number of methoxy groups -OCH3 is 1. The van der Waals surface area contributed by atoms with Gasteiger partial charge in [0.2, 0.25) is 0 Å². The molecule has 5 aromatic rings. The number of nitrogens with one attached hydrogen (secondary N) is 1. The molecule has 0 atom stereocenters. The van der Waals surface area contributed by atoms with Crippen molar-refractivity contribution in [2.75, 3.05) is 11.8 Å². The Bertz CT molecular complexity index is 2160. The number of halogens is 9. The lowest BCUT2D eigenvalue weighted by Gasteiger charge is -2.11. The average molecular weight is 803 g/mol. The van der Waals surface area contributed by atoms with Crippen LogP contribution in [0.4, 0.5) is 36.4 Å². The van der Waals surface area contributed by atoms with Crippen LogP contribution in [0.1, 0.15) is 29.9 Å². The van der Waals surface area contributed by atoms with Crippen LogP contribution >= 0.6 is 27.5 Å². The maximum atomic E-state index is 14.3. The monoisotopic (exact) mass is 801 g/mol. The highest BCUT2D eigenvalue weighted by atomic mass is 79.9. The van der Waals surface area contributed by atoms with Crippen molar-refractivity contribution in [3.8, 4) is 17.3 Å². The molecule has 0 aliphatic heterocycles. The van der Waals surface area contributed by atoms with Gasteiger partial charge >= 0.3 is 18.2 Å². The van der Waals surface area contributed by atoms with Crippen molar-refractivity contribution in [3.05, 3.63) is 80.6 Å². The molecule has 0 aliphatic rings. The molecule has 2 aromatic carbocycles. The second-order valence-electron chi connectivity index (χ2n) is 9.82. The third-order valence-corrected chi connectivity index (χ3v) is 8.22. The van der Waals surface area contributed by atoms with E-state index in [9.17, 15) is 43.9 Å². The molecular weight excluding hydrogens is 783 g/mol. The minimum absolute atomic E-state index is 0.169. The maximum absolute atomic E-state index is 14.3. The van der Waals surface area contributed by atoms with Gasteiger partial charge in [-0.3, -0.25) is 9.40 Å². The molecule has 3 heterocycles. The van der Waals surface area contributed by atoms with Gasteiger partial charge in [-0.15, -0.1) is 5.10 Å². The summed E-state index contributed by atoms with van der Waals surface area (Å²) >= 11 is 8.67. The normalized spacial score (nSPS) is 11.8. The van der Waals surface area contributed by atoms with Gasteiger partial charge in [-0.1, -0.05) is 17.7 Å². The van der Waals surface area contributed by atoms with E-state index in [-0.39, 0.29) is 27.9 Å². The van der Waals surface area contributed by atoms with Gasteiger partial charge in [0.25, 0.3) is 15.2 Å². The van der Waals surface area contributed by atoms with E-state index in [0.29, 0.717) is 9.20 Å². The largest absolute Gasteiger partial charge is 0.467 e. The summed E-state index contributed by atoms with van der Waals surface area (Å²) in [5.41, 5.74) is -3.24. The first-order chi connectivity index (χ1) is 22.8. The number of hydrogen-bond acceptors (Lipinski definition) is 9. The third-order valence-electron chi connectivity index (χ3n) is 6.03. The topological polar surface area (TPSA) is 143 Å². The number of aryl methyl sites for hydroxylation is 1. The van der Waals surface area contributed by atoms with Crippen LogP contribution in [0.5, 0.6) is 6.01 Å². The molecule has 5 rings (SSSR count). The Kier molecular flexibility index (Phi) is 10.8. The summed E-state index contributed by atoms with van der Waals surface area (Å²) in [6.07, 6.45) is -4.37. The van der Waals surface area contributed by atoms with E-state index >= 15 is 0 Å². The summed E-state index contributed by atoms with van der Waals surface area (Å²) in [6, 6.07) is 4.43. The summed E-state index contributed by atoms with van der Waals surface area (Å²) < 4.78 is 131. The van der Waals surface area contributed by atoms with E-state index in [0.717, 1.165) is 43.6 Å². The van der Waals surface area contributed by atoms with E-state index in [1.807, 2.05) is 0 Å². The summed E-state index contributed by atoms with van der Waals surface area (Å²) in [6.45, 7) is 3.22. The Morgan fingerprint density at radius 1 is 1.04 bits per heavy atom. The SMILES string of the molecule is CC(C)OC(=O)c1cc(-c2nn(C)c(C(F)(F)F)c2Br)c(F)cc1Cl.COc1ncc(F)c2nc(S(=O)(=O)Nc3c(F)cccc3F)nn12. The number of aromatic nitrogens is 6. The Morgan fingerprint density at radius 2 is 1.67 bits per heavy atom. The Morgan fingerprint density at radius 3 is 2.22 bits per heavy atom. The molecular formula is C27H20BrClF7N7O5S. The minimum atomic E-state index is -4.69. The molecule has 0 aliphatic carbocycles. The summed E-state index contributed by atoms with van der Waals surface area (Å²) in [7, 11) is -2.29. The first kappa shape index (κ1) is 37.3. The van der Waals surface area contributed by atoms with Crippen LogP contribution < -0.4 is 9.46 Å². The molecule has 49 heavy (non-hydrogen) atoms. The van der Waals surface area contributed by atoms with Crippen LogP contribution in [0, 0.1) is 23.3 Å². The molecule has 0 spiro atoms. The van der Waals surface area contributed by atoms with Gasteiger partial charge in [0.15, 0.2) is 17.2 Å². The highest BCUT2D eigenvalue weighted by Gasteiger charge is 2.39. The van der Waals surface area contributed by atoms with E-state index in [4.69, 9.17) is 21.1 Å². The number of para-hydroxylation sites is 1. The first-order valence-corrected chi connectivity index (χ1v) is 15.8. The van der Waals surface area contributed by atoms with E-state index in [1.54, 1.807) is 18.6 Å². The fourth-order valence-corrected chi connectivity index (χ4v) is 5.93. The molecule has 0 radical (unpaired) electrons. The van der Waals surface area contributed by atoms with Crippen LogP contribution in [0.25, 0.3) is 16.9 Å². The van der Waals surface area contributed by atoms with Crippen LogP contribution in [0.2, 0.25) is 5.02 Å². The number of alkyl halides is 3. The summed E-state index contributed by atoms with van der Waals surface area (Å²) in [5.74, 6) is -4.95. The molecule has 0 fully saturated rings. The zero-order valence-corrected chi connectivity index (χ0v) is 28.2. The number of fused-ring (bicyclic) bond motifs is 1. The molecule has 0 saturated carbocycles. The van der Waals surface area contributed by atoms with Gasteiger partial charge in [0.1, 0.15) is 28.8 Å². The molecule has 0 amide bonds. The highest BCUT2D eigenvalue weighted by Crippen LogP contribution is 2.41. The van der Waals surface area contributed by atoms with E-state index in [1.165, 1.54) is 7.11 Å². The Labute approximate surface area is 285 Å². The first-order valence-electron chi connectivity index (χ1n) is 13.2. The van der Waals surface area contributed by atoms with Crippen LogP contribution in [-0.2, 0) is 28.0 Å². The molecule has 22 heteroatoms. The van der Waals surface area contributed by atoms with Crippen molar-refractivity contribution >= 4 is 54.9 Å². The van der Waals surface area contributed by atoms with E-state index < -0.39 is 78.2 Å². The fourth-order valence-electron chi connectivity index (χ4n) is 3.98. The van der Waals surface area contributed by atoms with Gasteiger partial charge < -0.3 is 9.47 Å². The van der Waals surface area contributed by atoms with E-state index in [2.05, 4.69) is 36.1 Å². The second-order valence-corrected chi connectivity index (χ2v) is 12.6. The lowest BCUT2D eigenvalue weighted by atomic mass is 10.1. The zero-order chi connectivity index (χ0) is 36.6. The third kappa shape index (κ3) is 7.88. The number of sulfonamides is 1. The van der Waals surface area contributed by atoms with Gasteiger partial charge in [0, 0.05) is 12.6 Å². The number of esters is 1. The lowest BCUT2D eigenvalue weighted by Crippen LogP contribution is -2.16.